The quantitative estimate of drug-likeness (QED) is 0.354. The standard InChI is InChI=1S/C7H8N2O3S.Na/c8-4-5(10)9-3(7(11)12)1-2-13-6(4)9;/h1,4,6H,2,8H2,(H,11,12);/q;+1/p-1/t4?,6-;/m1./s1. The van der Waals surface area contributed by atoms with Gasteiger partial charge in [-0.15, -0.1) is 11.8 Å². The number of thioether (sulfide) groups is 1. The molecule has 7 heteroatoms. The molecule has 14 heavy (non-hydrogen) atoms. The van der Waals surface area contributed by atoms with E-state index in [0.717, 1.165) is 0 Å². The summed E-state index contributed by atoms with van der Waals surface area (Å²) in [6.45, 7) is 0. The summed E-state index contributed by atoms with van der Waals surface area (Å²) in [5.41, 5.74) is 5.44. The van der Waals surface area contributed by atoms with Gasteiger partial charge in [-0.2, -0.15) is 0 Å². The van der Waals surface area contributed by atoms with Crippen LogP contribution in [0, 0.1) is 0 Å². The van der Waals surface area contributed by atoms with Crippen molar-refractivity contribution in [2.24, 2.45) is 5.73 Å². The van der Waals surface area contributed by atoms with E-state index in [2.05, 4.69) is 0 Å². The second-order valence-corrected chi connectivity index (χ2v) is 3.98. The maximum Gasteiger partial charge on any atom is 1.00 e. The summed E-state index contributed by atoms with van der Waals surface area (Å²) in [6.07, 6.45) is 1.47. The Morgan fingerprint density at radius 2 is 2.36 bits per heavy atom. The van der Waals surface area contributed by atoms with E-state index in [1.54, 1.807) is 0 Å². The molecule has 0 aromatic heterocycles. The van der Waals surface area contributed by atoms with Crippen LogP contribution in [0.3, 0.4) is 0 Å². The van der Waals surface area contributed by atoms with Crippen LogP contribution in [0.25, 0.3) is 0 Å². The van der Waals surface area contributed by atoms with Gasteiger partial charge < -0.3 is 15.6 Å². The molecule has 70 valence electrons. The van der Waals surface area contributed by atoms with Crippen LogP contribution < -0.4 is 40.4 Å². The molecule has 2 rings (SSSR count). The molecule has 0 aromatic carbocycles. The number of rotatable bonds is 1. The van der Waals surface area contributed by atoms with Gasteiger partial charge in [0.1, 0.15) is 11.4 Å². The molecule has 0 aromatic rings. The zero-order valence-electron chi connectivity index (χ0n) is 7.60. The van der Waals surface area contributed by atoms with E-state index in [0.29, 0.717) is 5.75 Å². The Hall–Kier alpha value is -0.01000. The maximum absolute atomic E-state index is 11.2. The molecule has 0 aliphatic carbocycles. The van der Waals surface area contributed by atoms with Gasteiger partial charge in [0, 0.05) is 5.75 Å². The first-order valence-corrected chi connectivity index (χ1v) is 4.79. The molecule has 2 N–H and O–H groups in total. The van der Waals surface area contributed by atoms with E-state index < -0.39 is 12.0 Å². The summed E-state index contributed by atoms with van der Waals surface area (Å²) in [5, 5.41) is 10.4. The fourth-order valence-electron chi connectivity index (χ4n) is 1.43. The Labute approximate surface area is 107 Å². The Balaban J connectivity index is 0.000000980. The third kappa shape index (κ3) is 1.61. The molecule has 2 aliphatic rings. The van der Waals surface area contributed by atoms with Gasteiger partial charge in [-0.3, -0.25) is 9.69 Å². The van der Waals surface area contributed by atoms with Crippen LogP contribution in [-0.2, 0) is 9.59 Å². The first-order chi connectivity index (χ1) is 6.13. The van der Waals surface area contributed by atoms with Crippen LogP contribution in [0.1, 0.15) is 0 Å². The predicted molar refractivity (Wildman–Crippen MR) is 44.2 cm³/mol. The molecule has 0 saturated carbocycles. The van der Waals surface area contributed by atoms with Gasteiger partial charge in [0.05, 0.1) is 11.7 Å². The Morgan fingerprint density at radius 1 is 1.71 bits per heavy atom. The Kier molecular flexibility index (Phi) is 3.65. The van der Waals surface area contributed by atoms with Crippen molar-refractivity contribution in [3.05, 3.63) is 11.8 Å². The van der Waals surface area contributed by atoms with Crippen molar-refractivity contribution in [2.75, 3.05) is 5.75 Å². The fraction of sp³-hybridized carbons (Fsp3) is 0.429. The monoisotopic (exact) mass is 222 g/mol. The molecule has 0 spiro atoms. The molecule has 1 unspecified atom stereocenters. The topological polar surface area (TPSA) is 86.5 Å². The number of nitrogens with two attached hydrogens (primary N) is 1. The van der Waals surface area contributed by atoms with Gasteiger partial charge >= 0.3 is 29.6 Å². The van der Waals surface area contributed by atoms with Crippen molar-refractivity contribution in [2.45, 2.75) is 11.4 Å². The fourth-order valence-corrected chi connectivity index (χ4v) is 2.57. The van der Waals surface area contributed by atoms with Crippen molar-refractivity contribution in [1.82, 2.24) is 4.90 Å². The number of fused-ring (bicyclic) bond motifs is 1. The number of β-lactam (4-membered cyclic amide) rings is 1. The largest absolute Gasteiger partial charge is 1.00 e. The summed E-state index contributed by atoms with van der Waals surface area (Å²) in [6, 6.07) is -0.562. The molecule has 1 saturated heterocycles. The molecule has 2 heterocycles. The van der Waals surface area contributed by atoms with Crippen LogP contribution in [-0.4, -0.2) is 33.9 Å². The van der Waals surface area contributed by atoms with Crippen molar-refractivity contribution in [3.8, 4) is 0 Å². The molecule has 1 amide bonds. The number of hydrogen-bond donors (Lipinski definition) is 1. The smallest absolute Gasteiger partial charge is 0.543 e. The van der Waals surface area contributed by atoms with Gasteiger partial charge in [-0.25, -0.2) is 0 Å². The van der Waals surface area contributed by atoms with Crippen molar-refractivity contribution < 1.29 is 44.3 Å². The summed E-state index contributed by atoms with van der Waals surface area (Å²) >= 11 is 1.46. The minimum Gasteiger partial charge on any atom is -0.543 e. The summed E-state index contributed by atoms with van der Waals surface area (Å²) in [7, 11) is 0. The number of carboxylic acid groups (broad SMARTS) is 1. The van der Waals surface area contributed by atoms with E-state index in [9.17, 15) is 14.7 Å². The van der Waals surface area contributed by atoms with E-state index >= 15 is 0 Å². The first kappa shape index (κ1) is 12.1. The number of carbonyl (C=O) groups is 2. The number of amides is 1. The van der Waals surface area contributed by atoms with Gasteiger partial charge in [0.25, 0.3) is 0 Å². The van der Waals surface area contributed by atoms with Crippen LogP contribution in [0.15, 0.2) is 11.8 Å². The molecule has 0 radical (unpaired) electrons. The van der Waals surface area contributed by atoms with E-state index in [-0.39, 0.29) is 46.5 Å². The van der Waals surface area contributed by atoms with Gasteiger partial charge in [0.2, 0.25) is 5.91 Å². The maximum atomic E-state index is 11.2. The third-order valence-electron chi connectivity index (χ3n) is 2.10. The number of carbonyl (C=O) groups excluding carboxylic acids is 2. The normalized spacial score (nSPS) is 29.6. The third-order valence-corrected chi connectivity index (χ3v) is 3.30. The van der Waals surface area contributed by atoms with Gasteiger partial charge in [-0.1, -0.05) is 0 Å². The van der Waals surface area contributed by atoms with E-state index in [1.165, 1.54) is 22.7 Å². The average molecular weight is 222 g/mol. The van der Waals surface area contributed by atoms with Crippen molar-refractivity contribution >= 4 is 23.6 Å². The Morgan fingerprint density at radius 3 is 2.93 bits per heavy atom. The molecular formula is C7H7N2NaO3S. The molecular weight excluding hydrogens is 215 g/mol. The van der Waals surface area contributed by atoms with Crippen LogP contribution in [0.4, 0.5) is 0 Å². The van der Waals surface area contributed by atoms with Gasteiger partial charge in [0.15, 0.2) is 0 Å². The van der Waals surface area contributed by atoms with Crippen LogP contribution >= 0.6 is 11.8 Å². The second kappa shape index (κ2) is 4.24. The number of nitrogens with zero attached hydrogens (tertiary/aromatic N) is 1. The van der Waals surface area contributed by atoms with E-state index in [4.69, 9.17) is 5.73 Å². The van der Waals surface area contributed by atoms with Gasteiger partial charge in [-0.05, 0) is 6.08 Å². The Bertz CT molecular complexity index is 320. The number of carboxylic acids is 1. The molecule has 5 nitrogen and oxygen atoms in total. The SMILES string of the molecule is NC1C(=O)N2C(C(=O)[O-])=CCS[C@H]12.[Na+]. The van der Waals surface area contributed by atoms with Crippen LogP contribution in [0.2, 0.25) is 0 Å². The minimum absolute atomic E-state index is 0. The zero-order valence-corrected chi connectivity index (χ0v) is 10.4. The first-order valence-electron chi connectivity index (χ1n) is 3.74. The van der Waals surface area contributed by atoms with Crippen LogP contribution in [0.5, 0.6) is 0 Å². The van der Waals surface area contributed by atoms with Crippen molar-refractivity contribution in [3.63, 3.8) is 0 Å². The summed E-state index contributed by atoms with van der Waals surface area (Å²) < 4.78 is 0. The van der Waals surface area contributed by atoms with E-state index in [1.807, 2.05) is 0 Å². The summed E-state index contributed by atoms with van der Waals surface area (Å²) in [5.74, 6) is -1.09. The summed E-state index contributed by atoms with van der Waals surface area (Å²) in [4.78, 5) is 22.9. The van der Waals surface area contributed by atoms with Crippen molar-refractivity contribution in [1.29, 1.82) is 0 Å². The second-order valence-electron chi connectivity index (χ2n) is 2.83. The predicted octanol–water partition coefficient (Wildman–Crippen LogP) is -5.13. The molecule has 2 atom stereocenters. The molecule has 1 fully saturated rings. The number of hydrogen-bond acceptors (Lipinski definition) is 5. The zero-order chi connectivity index (χ0) is 9.59. The number of aliphatic carboxylic acids is 1. The minimum atomic E-state index is -1.31. The molecule has 0 bridgehead atoms. The molecule has 2 aliphatic heterocycles. The average Bonchev–Trinajstić information content (AvgIpc) is 2.15.